The maximum Gasteiger partial charge on any atom is 0.0594 e. The number of nitrogens with zero attached hydrogens (tertiary/aromatic N) is 1. The third kappa shape index (κ3) is 2.56. The number of ether oxygens (including phenoxy) is 1. The molecule has 1 saturated heterocycles. The third-order valence-electron chi connectivity index (χ3n) is 1.42. The van der Waals surface area contributed by atoms with Crippen LogP contribution in [0, 0.1) is 0 Å². The van der Waals surface area contributed by atoms with Crippen LogP contribution in [0.2, 0.25) is 0 Å². The normalized spacial score (nSPS) is 22.3. The first-order valence-electron chi connectivity index (χ1n) is 3.22. The van der Waals surface area contributed by atoms with Crippen LogP contribution in [0.5, 0.6) is 0 Å². The molecule has 0 spiro atoms. The Bertz CT molecular complexity index is 70.7. The van der Waals surface area contributed by atoms with E-state index < -0.39 is 0 Å². The minimum Gasteiger partial charge on any atom is -0.379 e. The molecule has 0 aromatic carbocycles. The van der Waals surface area contributed by atoms with E-state index in [9.17, 15) is 0 Å². The molecular weight excluding hydrogens is 134 g/mol. The van der Waals surface area contributed by atoms with Crippen molar-refractivity contribution >= 4 is 11.8 Å². The summed E-state index contributed by atoms with van der Waals surface area (Å²) in [6, 6.07) is 0. The predicted molar refractivity (Wildman–Crippen MR) is 40.8 cm³/mol. The molecular formula is C6H13NOS. The minimum atomic E-state index is 0.917. The van der Waals surface area contributed by atoms with Crippen LogP contribution in [0.25, 0.3) is 0 Å². The van der Waals surface area contributed by atoms with Gasteiger partial charge in [-0.25, -0.2) is 0 Å². The third-order valence-corrected chi connectivity index (χ3v) is 2.04. The number of hydrogen-bond donors (Lipinski definition) is 0. The Hall–Kier alpha value is 0.270. The molecule has 0 aromatic rings. The molecule has 1 aliphatic heterocycles. The Morgan fingerprint density at radius 2 is 2.11 bits per heavy atom. The van der Waals surface area contributed by atoms with E-state index >= 15 is 0 Å². The monoisotopic (exact) mass is 147 g/mol. The molecule has 3 heteroatoms. The Balaban J connectivity index is 2.08. The van der Waals surface area contributed by atoms with Gasteiger partial charge in [-0.2, -0.15) is 0 Å². The molecule has 2 nitrogen and oxygen atoms in total. The molecule has 0 atom stereocenters. The largest absolute Gasteiger partial charge is 0.379 e. The summed E-state index contributed by atoms with van der Waals surface area (Å²) >= 11 is 1.88. The maximum absolute atomic E-state index is 5.20. The average molecular weight is 147 g/mol. The Labute approximate surface area is 60.6 Å². The predicted octanol–water partition coefficient (Wildman–Crippen LogP) is 0.639. The fraction of sp³-hybridized carbons (Fsp3) is 1.00. The highest BCUT2D eigenvalue weighted by Gasteiger charge is 2.07. The lowest BCUT2D eigenvalue weighted by molar-refractivity contribution is 0.0474. The molecule has 54 valence electrons. The van der Waals surface area contributed by atoms with E-state index in [2.05, 4.69) is 11.2 Å². The summed E-state index contributed by atoms with van der Waals surface area (Å²) in [5.41, 5.74) is 0. The van der Waals surface area contributed by atoms with E-state index in [-0.39, 0.29) is 0 Å². The van der Waals surface area contributed by atoms with Gasteiger partial charge in [-0.05, 0) is 6.26 Å². The topological polar surface area (TPSA) is 12.5 Å². The summed E-state index contributed by atoms with van der Waals surface area (Å²) < 4.78 is 5.20. The van der Waals surface area contributed by atoms with Crippen molar-refractivity contribution in [1.82, 2.24) is 4.90 Å². The van der Waals surface area contributed by atoms with Crippen molar-refractivity contribution in [2.45, 2.75) is 0 Å². The molecule has 0 bridgehead atoms. The van der Waals surface area contributed by atoms with Crippen LogP contribution in [0.1, 0.15) is 0 Å². The second kappa shape index (κ2) is 4.14. The van der Waals surface area contributed by atoms with Gasteiger partial charge in [0, 0.05) is 19.0 Å². The van der Waals surface area contributed by atoms with Gasteiger partial charge in [0.15, 0.2) is 0 Å². The summed E-state index contributed by atoms with van der Waals surface area (Å²) in [4.78, 5) is 2.41. The van der Waals surface area contributed by atoms with Crippen LogP contribution >= 0.6 is 11.8 Å². The first-order chi connectivity index (χ1) is 4.43. The standard InChI is InChI=1S/C6H13NOS/c1-9-6-7-2-4-8-5-3-7/h2-6H2,1H3. The first kappa shape index (κ1) is 7.38. The van der Waals surface area contributed by atoms with E-state index in [0.29, 0.717) is 0 Å². The van der Waals surface area contributed by atoms with Gasteiger partial charge in [-0.3, -0.25) is 4.90 Å². The highest BCUT2D eigenvalue weighted by atomic mass is 32.2. The average Bonchev–Trinajstić information content (AvgIpc) is 1.91. The van der Waals surface area contributed by atoms with Gasteiger partial charge in [0.05, 0.1) is 13.2 Å². The van der Waals surface area contributed by atoms with E-state index in [1.165, 1.54) is 0 Å². The second-order valence-corrected chi connectivity index (χ2v) is 2.98. The molecule has 1 fully saturated rings. The zero-order chi connectivity index (χ0) is 6.53. The molecule has 0 aromatic heterocycles. The molecule has 1 heterocycles. The van der Waals surface area contributed by atoms with Gasteiger partial charge in [0.1, 0.15) is 0 Å². The molecule has 9 heavy (non-hydrogen) atoms. The van der Waals surface area contributed by atoms with Gasteiger partial charge in [-0.1, -0.05) is 0 Å². The Morgan fingerprint density at radius 3 is 2.67 bits per heavy atom. The van der Waals surface area contributed by atoms with Gasteiger partial charge in [0.2, 0.25) is 0 Å². The Morgan fingerprint density at radius 1 is 1.44 bits per heavy atom. The van der Waals surface area contributed by atoms with Crippen molar-refractivity contribution in [3.8, 4) is 0 Å². The van der Waals surface area contributed by atoms with Crippen molar-refractivity contribution in [3.63, 3.8) is 0 Å². The highest BCUT2D eigenvalue weighted by Crippen LogP contribution is 2.01. The van der Waals surface area contributed by atoms with Gasteiger partial charge >= 0.3 is 0 Å². The lowest BCUT2D eigenvalue weighted by Crippen LogP contribution is -2.35. The summed E-state index contributed by atoms with van der Waals surface area (Å²) in [5.74, 6) is 1.16. The van der Waals surface area contributed by atoms with E-state index in [1.807, 2.05) is 11.8 Å². The zero-order valence-electron chi connectivity index (χ0n) is 5.80. The number of hydrogen-bond acceptors (Lipinski definition) is 3. The lowest BCUT2D eigenvalue weighted by atomic mass is 10.5. The SMILES string of the molecule is CSCN1CCOCC1. The molecule has 0 radical (unpaired) electrons. The van der Waals surface area contributed by atoms with E-state index in [0.717, 1.165) is 32.2 Å². The minimum absolute atomic E-state index is 0.917. The molecule has 0 aliphatic carbocycles. The molecule has 1 aliphatic rings. The van der Waals surface area contributed by atoms with E-state index in [4.69, 9.17) is 4.74 Å². The van der Waals surface area contributed by atoms with Gasteiger partial charge in [-0.15, -0.1) is 11.8 Å². The number of thioether (sulfide) groups is 1. The molecule has 0 N–H and O–H groups in total. The summed E-state index contributed by atoms with van der Waals surface area (Å²) in [6.07, 6.45) is 2.13. The van der Waals surface area contributed by atoms with Crippen molar-refractivity contribution < 1.29 is 4.74 Å². The number of rotatable bonds is 2. The van der Waals surface area contributed by atoms with Crippen LogP contribution in [0.15, 0.2) is 0 Å². The molecule has 0 saturated carbocycles. The summed E-state index contributed by atoms with van der Waals surface area (Å²) in [6.45, 7) is 4.06. The smallest absolute Gasteiger partial charge is 0.0594 e. The zero-order valence-corrected chi connectivity index (χ0v) is 6.62. The highest BCUT2D eigenvalue weighted by molar-refractivity contribution is 7.98. The van der Waals surface area contributed by atoms with Crippen LogP contribution < -0.4 is 0 Å². The molecule has 0 amide bonds. The van der Waals surface area contributed by atoms with Crippen molar-refractivity contribution in [3.05, 3.63) is 0 Å². The quantitative estimate of drug-likeness (QED) is 0.568. The maximum atomic E-state index is 5.20. The summed E-state index contributed by atoms with van der Waals surface area (Å²) in [5, 5.41) is 0. The molecule has 1 rings (SSSR count). The van der Waals surface area contributed by atoms with Crippen LogP contribution in [0.4, 0.5) is 0 Å². The fourth-order valence-electron chi connectivity index (χ4n) is 0.913. The lowest BCUT2D eigenvalue weighted by Gasteiger charge is -2.25. The van der Waals surface area contributed by atoms with Crippen LogP contribution in [0.3, 0.4) is 0 Å². The van der Waals surface area contributed by atoms with E-state index in [1.54, 1.807) is 0 Å². The van der Waals surface area contributed by atoms with Crippen molar-refractivity contribution in [1.29, 1.82) is 0 Å². The second-order valence-electron chi connectivity index (χ2n) is 2.15. The first-order valence-corrected chi connectivity index (χ1v) is 4.62. The van der Waals surface area contributed by atoms with Gasteiger partial charge in [0.25, 0.3) is 0 Å². The van der Waals surface area contributed by atoms with Crippen molar-refractivity contribution in [2.75, 3.05) is 38.4 Å². The van der Waals surface area contributed by atoms with Gasteiger partial charge < -0.3 is 4.74 Å². The van der Waals surface area contributed by atoms with Crippen molar-refractivity contribution in [2.24, 2.45) is 0 Å². The number of morpholine rings is 1. The Kier molecular flexibility index (Phi) is 3.40. The fourth-order valence-corrected chi connectivity index (χ4v) is 1.54. The summed E-state index contributed by atoms with van der Waals surface area (Å²) in [7, 11) is 0. The molecule has 0 unspecified atom stereocenters. The van der Waals surface area contributed by atoms with Crippen LogP contribution in [-0.2, 0) is 4.74 Å². The van der Waals surface area contributed by atoms with Crippen LogP contribution in [-0.4, -0.2) is 43.3 Å².